The fourth-order valence-electron chi connectivity index (χ4n) is 1.98. The van der Waals surface area contributed by atoms with Crippen LogP contribution >= 0.6 is 0 Å². The molecule has 0 heterocycles. The largest absolute Gasteiger partial charge is 0.493 e. The van der Waals surface area contributed by atoms with Crippen LogP contribution in [-0.4, -0.2) is 20.0 Å². The number of benzene rings is 1. The van der Waals surface area contributed by atoms with Crippen LogP contribution in [0.25, 0.3) is 0 Å². The Balaban J connectivity index is 2.62. The minimum absolute atomic E-state index is 0.579. The van der Waals surface area contributed by atoms with Gasteiger partial charge >= 0.3 is 0 Å². The van der Waals surface area contributed by atoms with E-state index >= 15 is 0 Å². The average Bonchev–Trinajstić information content (AvgIpc) is 2.47. The van der Waals surface area contributed by atoms with Gasteiger partial charge in [-0.2, -0.15) is 0 Å². The molecular formula is C16H24O3. The van der Waals surface area contributed by atoms with Crippen molar-refractivity contribution in [1.82, 2.24) is 0 Å². The Labute approximate surface area is 115 Å². The van der Waals surface area contributed by atoms with Crippen molar-refractivity contribution in [3.05, 3.63) is 23.8 Å². The van der Waals surface area contributed by atoms with Gasteiger partial charge in [0.25, 0.3) is 0 Å². The van der Waals surface area contributed by atoms with E-state index in [4.69, 9.17) is 9.47 Å². The van der Waals surface area contributed by atoms with E-state index < -0.39 is 0 Å². The predicted molar refractivity (Wildman–Crippen MR) is 77.2 cm³/mol. The van der Waals surface area contributed by atoms with E-state index in [0.717, 1.165) is 12.7 Å². The van der Waals surface area contributed by atoms with E-state index in [2.05, 4.69) is 13.8 Å². The van der Waals surface area contributed by atoms with Crippen LogP contribution in [0.1, 0.15) is 49.9 Å². The van der Waals surface area contributed by atoms with E-state index in [9.17, 15) is 4.79 Å². The van der Waals surface area contributed by atoms with Gasteiger partial charge in [0.1, 0.15) is 6.29 Å². The minimum atomic E-state index is 0.579. The molecule has 0 saturated carbocycles. The van der Waals surface area contributed by atoms with Gasteiger partial charge < -0.3 is 9.47 Å². The molecule has 0 aromatic heterocycles. The Hall–Kier alpha value is -1.51. The third-order valence-electron chi connectivity index (χ3n) is 3.34. The van der Waals surface area contributed by atoms with E-state index in [1.165, 1.54) is 19.3 Å². The maximum atomic E-state index is 10.7. The maximum absolute atomic E-state index is 10.7. The number of hydrogen-bond acceptors (Lipinski definition) is 3. The lowest BCUT2D eigenvalue weighted by Crippen LogP contribution is -2.11. The second-order valence-electron chi connectivity index (χ2n) is 4.76. The van der Waals surface area contributed by atoms with E-state index in [0.29, 0.717) is 29.6 Å². The second-order valence-corrected chi connectivity index (χ2v) is 4.76. The maximum Gasteiger partial charge on any atom is 0.161 e. The van der Waals surface area contributed by atoms with Crippen LogP contribution in [0.4, 0.5) is 0 Å². The molecule has 0 bridgehead atoms. The first-order chi connectivity index (χ1) is 9.24. The van der Waals surface area contributed by atoms with Crippen LogP contribution in [0.15, 0.2) is 18.2 Å². The zero-order chi connectivity index (χ0) is 14.1. The van der Waals surface area contributed by atoms with Crippen LogP contribution in [0.2, 0.25) is 0 Å². The lowest BCUT2D eigenvalue weighted by Gasteiger charge is -2.17. The summed E-state index contributed by atoms with van der Waals surface area (Å²) in [5, 5.41) is 0. The quantitative estimate of drug-likeness (QED) is 0.630. The molecule has 106 valence electrons. The number of methoxy groups -OCH3 is 1. The Bertz CT molecular complexity index is 388. The lowest BCUT2D eigenvalue weighted by molar-refractivity contribution is 0.112. The number of carbonyl (C=O) groups excluding carboxylic acids is 1. The van der Waals surface area contributed by atoms with Gasteiger partial charge in [0.15, 0.2) is 11.5 Å². The van der Waals surface area contributed by atoms with Crippen molar-refractivity contribution >= 4 is 6.29 Å². The molecule has 1 atom stereocenters. The molecule has 0 radical (unpaired) electrons. The van der Waals surface area contributed by atoms with Crippen LogP contribution < -0.4 is 9.47 Å². The molecule has 0 saturated heterocycles. The summed E-state index contributed by atoms with van der Waals surface area (Å²) in [4.78, 5) is 10.7. The van der Waals surface area contributed by atoms with Gasteiger partial charge in [0.05, 0.1) is 13.7 Å². The van der Waals surface area contributed by atoms with Crippen LogP contribution in [0, 0.1) is 5.92 Å². The standard InChI is InChI=1S/C16H24O3/c1-4-6-7-13(5-2)12-19-15-9-8-14(11-17)10-16(15)18-3/h8-11,13H,4-7,12H2,1-3H3. The molecule has 1 aromatic rings. The first-order valence-corrected chi connectivity index (χ1v) is 7.01. The highest BCUT2D eigenvalue weighted by molar-refractivity contribution is 5.76. The number of carbonyl (C=O) groups is 1. The van der Waals surface area contributed by atoms with Crippen molar-refractivity contribution in [2.45, 2.75) is 39.5 Å². The molecule has 1 rings (SSSR count). The Morgan fingerprint density at radius 2 is 2.05 bits per heavy atom. The second kappa shape index (κ2) is 8.57. The molecule has 0 spiro atoms. The van der Waals surface area contributed by atoms with Crippen molar-refractivity contribution in [1.29, 1.82) is 0 Å². The van der Waals surface area contributed by atoms with Crippen LogP contribution in [-0.2, 0) is 0 Å². The summed E-state index contributed by atoms with van der Waals surface area (Å²) in [5.74, 6) is 1.91. The Kier molecular flexibility index (Phi) is 7.01. The highest BCUT2D eigenvalue weighted by Gasteiger charge is 2.10. The lowest BCUT2D eigenvalue weighted by atomic mass is 10.0. The SMILES string of the molecule is CCCCC(CC)COc1ccc(C=O)cc1OC. The molecule has 0 aliphatic rings. The molecule has 0 amide bonds. The van der Waals surface area contributed by atoms with Crippen LogP contribution in [0.3, 0.4) is 0 Å². The molecule has 0 fully saturated rings. The smallest absolute Gasteiger partial charge is 0.161 e. The number of aldehydes is 1. The van der Waals surface area contributed by atoms with Crippen molar-refractivity contribution in [2.75, 3.05) is 13.7 Å². The van der Waals surface area contributed by atoms with Crippen molar-refractivity contribution in [3.63, 3.8) is 0 Å². The highest BCUT2D eigenvalue weighted by atomic mass is 16.5. The summed E-state index contributed by atoms with van der Waals surface area (Å²) in [5.41, 5.74) is 0.599. The molecule has 0 aliphatic heterocycles. The molecule has 3 heteroatoms. The van der Waals surface area contributed by atoms with Gasteiger partial charge in [-0.05, 0) is 30.5 Å². The van der Waals surface area contributed by atoms with Gasteiger partial charge in [-0.3, -0.25) is 4.79 Å². The highest BCUT2D eigenvalue weighted by Crippen LogP contribution is 2.28. The zero-order valence-electron chi connectivity index (χ0n) is 12.1. The van der Waals surface area contributed by atoms with Crippen molar-refractivity contribution in [3.8, 4) is 11.5 Å². The van der Waals surface area contributed by atoms with E-state index in [1.807, 2.05) is 0 Å². The number of rotatable bonds is 9. The van der Waals surface area contributed by atoms with Gasteiger partial charge in [-0.25, -0.2) is 0 Å². The minimum Gasteiger partial charge on any atom is -0.493 e. The van der Waals surface area contributed by atoms with E-state index in [1.54, 1.807) is 25.3 Å². The van der Waals surface area contributed by atoms with Crippen molar-refractivity contribution in [2.24, 2.45) is 5.92 Å². The van der Waals surface area contributed by atoms with Gasteiger partial charge in [0.2, 0.25) is 0 Å². The molecular weight excluding hydrogens is 240 g/mol. The fourth-order valence-corrected chi connectivity index (χ4v) is 1.98. The van der Waals surface area contributed by atoms with Gasteiger partial charge in [-0.15, -0.1) is 0 Å². The summed E-state index contributed by atoms with van der Waals surface area (Å²) >= 11 is 0. The Morgan fingerprint density at radius 1 is 1.26 bits per heavy atom. The fraction of sp³-hybridized carbons (Fsp3) is 0.562. The monoisotopic (exact) mass is 264 g/mol. The average molecular weight is 264 g/mol. The first kappa shape index (κ1) is 15.5. The number of unbranched alkanes of at least 4 members (excludes halogenated alkanes) is 1. The molecule has 3 nitrogen and oxygen atoms in total. The first-order valence-electron chi connectivity index (χ1n) is 7.01. The summed E-state index contributed by atoms with van der Waals surface area (Å²) in [7, 11) is 1.59. The summed E-state index contributed by atoms with van der Waals surface area (Å²) in [6, 6.07) is 5.25. The third kappa shape index (κ3) is 4.93. The molecule has 1 unspecified atom stereocenters. The summed E-state index contributed by atoms with van der Waals surface area (Å²) in [6.07, 6.45) is 5.58. The molecule has 0 aliphatic carbocycles. The molecule has 0 N–H and O–H groups in total. The van der Waals surface area contributed by atoms with E-state index in [-0.39, 0.29) is 0 Å². The summed E-state index contributed by atoms with van der Waals surface area (Å²) in [6.45, 7) is 5.10. The van der Waals surface area contributed by atoms with Gasteiger partial charge in [0, 0.05) is 5.56 Å². The third-order valence-corrected chi connectivity index (χ3v) is 3.34. The van der Waals surface area contributed by atoms with Crippen molar-refractivity contribution < 1.29 is 14.3 Å². The number of ether oxygens (including phenoxy) is 2. The Morgan fingerprint density at radius 3 is 2.63 bits per heavy atom. The zero-order valence-corrected chi connectivity index (χ0v) is 12.1. The number of hydrogen-bond donors (Lipinski definition) is 0. The van der Waals surface area contributed by atoms with Gasteiger partial charge in [-0.1, -0.05) is 33.1 Å². The molecule has 19 heavy (non-hydrogen) atoms. The normalized spacial score (nSPS) is 11.9. The summed E-state index contributed by atoms with van der Waals surface area (Å²) < 4.78 is 11.1. The van der Waals surface area contributed by atoms with Crippen LogP contribution in [0.5, 0.6) is 11.5 Å². The predicted octanol–water partition coefficient (Wildman–Crippen LogP) is 4.10. The molecule has 1 aromatic carbocycles. The topological polar surface area (TPSA) is 35.5 Å².